The van der Waals surface area contributed by atoms with Crippen LogP contribution in [0.1, 0.15) is 63.1 Å². The summed E-state index contributed by atoms with van der Waals surface area (Å²) in [4.78, 5) is 0. The lowest BCUT2D eigenvalue weighted by molar-refractivity contribution is 0.717. The second kappa shape index (κ2) is 6.75. The molecule has 0 fully saturated rings. The molecule has 0 amide bonds. The van der Waals surface area contributed by atoms with Gasteiger partial charge in [0.05, 0.1) is 22.6 Å². The fourth-order valence-corrected chi connectivity index (χ4v) is 1.12. The summed E-state index contributed by atoms with van der Waals surface area (Å²) in [6, 6.07) is -6.99. The van der Waals surface area contributed by atoms with Gasteiger partial charge in [-0.3, -0.25) is 0 Å². The van der Waals surface area contributed by atoms with Crippen LogP contribution in [-0.4, -0.2) is 0 Å². The van der Waals surface area contributed by atoms with E-state index in [0.29, 0.717) is 0 Å². The third-order valence-corrected chi connectivity index (χ3v) is 1.92. The van der Waals surface area contributed by atoms with Crippen LogP contribution in [0, 0.1) is 11.3 Å². The molecule has 0 heterocycles. The van der Waals surface area contributed by atoms with E-state index in [-0.39, 0.29) is 0 Å². The topological polar surface area (TPSA) is 23.8 Å². The molecule has 0 aliphatic carbocycles. The first kappa shape index (κ1) is 3.15. The van der Waals surface area contributed by atoms with Crippen molar-refractivity contribution in [3.63, 3.8) is 0 Å². The van der Waals surface area contributed by atoms with Crippen LogP contribution in [0.3, 0.4) is 0 Å². The van der Waals surface area contributed by atoms with Gasteiger partial charge < -0.3 is 0 Å². The zero-order valence-electron chi connectivity index (χ0n) is 28.4. The fourth-order valence-electron chi connectivity index (χ4n) is 1.12. The number of nitrogens with zero attached hydrogens (tertiary/aromatic N) is 1. The standard InChI is InChI=1S/C18H19N/c1-2-3-4-5-15-6-10-17(11-7-15)18-12-8-16(14-19)9-13-18/h6-13H,2-5H2,1H3/i1D3,2D2,3D2,4D2,5D2,6D,7D,8D,9D,10D,11D,12D,13D. The van der Waals surface area contributed by atoms with Crippen LogP contribution in [0.2, 0.25) is 0 Å². The van der Waals surface area contributed by atoms with Crippen molar-refractivity contribution in [1.29, 1.82) is 5.26 Å². The zero-order chi connectivity index (χ0) is 30.1. The second-order valence-corrected chi connectivity index (χ2v) is 3.11. The monoisotopic (exact) mass is 268 g/mol. The lowest BCUT2D eigenvalue weighted by Crippen LogP contribution is -1.86. The largest absolute Gasteiger partial charge is 0.192 e. The molecule has 2 aromatic carbocycles. The molecule has 0 spiro atoms. The Morgan fingerprint density at radius 3 is 2.26 bits per heavy atom. The van der Waals surface area contributed by atoms with Crippen LogP contribution in [0.4, 0.5) is 0 Å². The Morgan fingerprint density at radius 2 is 1.68 bits per heavy atom. The average Bonchev–Trinajstić information content (AvgIpc) is 2.77. The van der Waals surface area contributed by atoms with E-state index in [1.807, 2.05) is 0 Å². The molecule has 1 nitrogen and oxygen atoms in total. The molecule has 1 heteroatoms. The van der Waals surface area contributed by atoms with Crippen molar-refractivity contribution in [1.82, 2.24) is 0 Å². The van der Waals surface area contributed by atoms with Gasteiger partial charge >= 0.3 is 0 Å². The molecule has 2 rings (SSSR count). The summed E-state index contributed by atoms with van der Waals surface area (Å²) < 4.78 is 151. The number of hydrogen-bond donors (Lipinski definition) is 0. The Bertz CT molecular complexity index is 1290. The summed E-state index contributed by atoms with van der Waals surface area (Å²) in [6.45, 7) is -3.77. The first-order valence-corrected chi connectivity index (χ1v) is 4.97. The fraction of sp³-hybridized carbons (Fsp3) is 0.278. The van der Waals surface area contributed by atoms with Crippen LogP contribution in [0.25, 0.3) is 11.1 Å². The lowest BCUT2D eigenvalue weighted by Gasteiger charge is -2.04. The van der Waals surface area contributed by atoms with Gasteiger partial charge in [-0.25, -0.2) is 0 Å². The smallest absolute Gasteiger partial charge is 0.0991 e. The van der Waals surface area contributed by atoms with Crippen LogP contribution < -0.4 is 0 Å². The van der Waals surface area contributed by atoms with E-state index in [1.165, 1.54) is 6.07 Å². The van der Waals surface area contributed by atoms with Crippen LogP contribution in [-0.2, 0) is 6.37 Å². The Balaban J connectivity index is 2.99. The van der Waals surface area contributed by atoms with Crippen molar-refractivity contribution in [2.45, 2.75) is 32.3 Å². The van der Waals surface area contributed by atoms with Crippen molar-refractivity contribution in [2.24, 2.45) is 0 Å². The molecule has 0 unspecified atom stereocenters. The molecular weight excluding hydrogens is 230 g/mol. The van der Waals surface area contributed by atoms with Gasteiger partial charge in [-0.1, -0.05) is 55.9 Å². The van der Waals surface area contributed by atoms with Gasteiger partial charge in [0.1, 0.15) is 0 Å². The minimum Gasteiger partial charge on any atom is -0.192 e. The molecule has 0 aliphatic rings. The van der Waals surface area contributed by atoms with E-state index in [0.717, 1.165) is 0 Å². The minimum atomic E-state index is -4.12. The Morgan fingerprint density at radius 1 is 1.05 bits per heavy atom. The number of rotatable bonds is 5. The highest BCUT2D eigenvalue weighted by atomic mass is 14.2. The first-order valence-electron chi connectivity index (χ1n) is 14.5. The summed E-state index contributed by atoms with van der Waals surface area (Å²) in [6.07, 6.45) is -16.1. The second-order valence-electron chi connectivity index (χ2n) is 3.11. The van der Waals surface area contributed by atoms with E-state index in [2.05, 4.69) is 0 Å². The highest BCUT2D eigenvalue weighted by Crippen LogP contribution is 2.20. The van der Waals surface area contributed by atoms with Gasteiger partial charge in [-0.2, -0.15) is 5.26 Å². The van der Waals surface area contributed by atoms with Crippen molar-refractivity contribution in [3.05, 3.63) is 59.5 Å². The summed E-state index contributed by atoms with van der Waals surface area (Å²) in [5.74, 6) is 0. The summed E-state index contributed by atoms with van der Waals surface area (Å²) in [7, 11) is 0. The van der Waals surface area contributed by atoms with Gasteiger partial charge in [-0.15, -0.1) is 0 Å². The maximum Gasteiger partial charge on any atom is 0.0991 e. The minimum absolute atomic E-state index is 0.661. The molecule has 2 aromatic rings. The van der Waals surface area contributed by atoms with E-state index in [1.54, 1.807) is 0 Å². The van der Waals surface area contributed by atoms with Gasteiger partial charge in [0.2, 0.25) is 0 Å². The molecule has 0 N–H and O–H groups in total. The molecule has 0 saturated heterocycles. The average molecular weight is 268 g/mol. The predicted octanol–water partition coefficient (Wildman–Crippen LogP) is 4.96. The van der Waals surface area contributed by atoms with E-state index >= 15 is 0 Å². The maximum atomic E-state index is 9.12. The number of nitriles is 1. The molecule has 0 bridgehead atoms. The SMILES string of the molecule is [2H]c1c([2H])c(-c2c([2H])c([2H])c(C([2H])([2H])C([2H])([2H])C([2H])([2H])C([2H])([2H])C([2H])([2H])[2H])c([2H])c2[2H])c([2H])c([2H])c1C#N. The molecule has 0 radical (unpaired) electrons. The van der Waals surface area contributed by atoms with E-state index in [9.17, 15) is 0 Å². The zero-order valence-corrected chi connectivity index (χ0v) is 9.45. The summed E-state index contributed by atoms with van der Waals surface area (Å²) in [5, 5.41) is 9.12. The number of benzene rings is 2. The van der Waals surface area contributed by atoms with Crippen molar-refractivity contribution in [3.8, 4) is 17.2 Å². The molecule has 0 atom stereocenters. The quantitative estimate of drug-likeness (QED) is 0.752. The normalized spacial score (nSPS) is 28.3. The maximum absolute atomic E-state index is 9.12. The first-order chi connectivity index (χ1) is 16.9. The van der Waals surface area contributed by atoms with Gasteiger partial charge in [0.15, 0.2) is 0 Å². The van der Waals surface area contributed by atoms with Gasteiger partial charge in [-0.05, 0) is 41.5 Å². The molecule has 0 aromatic heterocycles. The summed E-state index contributed by atoms with van der Waals surface area (Å²) in [5.41, 5.74) is -3.66. The Labute approximate surface area is 142 Å². The molecule has 0 saturated carbocycles. The van der Waals surface area contributed by atoms with Gasteiger partial charge in [0, 0.05) is 15.1 Å². The van der Waals surface area contributed by atoms with E-state index in [4.69, 9.17) is 31.3 Å². The molecule has 0 aliphatic heterocycles. The van der Waals surface area contributed by atoms with Crippen molar-refractivity contribution >= 4 is 0 Å². The Hall–Kier alpha value is -2.07. The molecule has 19 heavy (non-hydrogen) atoms. The molecule has 96 valence electrons. The lowest BCUT2D eigenvalue weighted by atomic mass is 10.0. The van der Waals surface area contributed by atoms with Crippen molar-refractivity contribution < 1.29 is 26.0 Å². The summed E-state index contributed by atoms with van der Waals surface area (Å²) >= 11 is 0. The third-order valence-electron chi connectivity index (χ3n) is 1.92. The highest BCUT2D eigenvalue weighted by molar-refractivity contribution is 5.64. The van der Waals surface area contributed by atoms with Crippen LogP contribution in [0.5, 0.6) is 0 Å². The Kier molecular flexibility index (Phi) is 1.12. The third kappa shape index (κ3) is 3.69. The van der Waals surface area contributed by atoms with E-state index < -0.39 is 103 Å². The van der Waals surface area contributed by atoms with Crippen LogP contribution in [0.15, 0.2) is 48.3 Å². The van der Waals surface area contributed by atoms with Crippen LogP contribution >= 0.6 is 0 Å². The number of hydrogen-bond acceptors (Lipinski definition) is 1. The van der Waals surface area contributed by atoms with Crippen molar-refractivity contribution in [2.75, 3.05) is 0 Å². The highest BCUT2D eigenvalue weighted by Gasteiger charge is 1.99. The van der Waals surface area contributed by atoms with Gasteiger partial charge in [0.25, 0.3) is 0 Å². The molecular formula is C18H19N. The predicted molar refractivity (Wildman–Crippen MR) is 79.8 cm³/mol.